The molecule has 124 valence electrons. The monoisotopic (exact) mass is 536 g/mol. The molecule has 0 saturated carbocycles. The number of hydrogen-bond acceptors (Lipinski definition) is 4. The van der Waals surface area contributed by atoms with E-state index in [-0.39, 0.29) is 5.91 Å². The zero-order valence-electron chi connectivity index (χ0n) is 12.4. The number of hydrogen-bond donors (Lipinski definition) is 0. The molecule has 0 N–H and O–H groups in total. The van der Waals surface area contributed by atoms with E-state index in [0.717, 1.165) is 8.24 Å². The first-order valence-corrected chi connectivity index (χ1v) is 10.0. The summed E-state index contributed by atoms with van der Waals surface area (Å²) in [7, 11) is 0. The van der Waals surface area contributed by atoms with E-state index in [4.69, 9.17) is 16.0 Å². The van der Waals surface area contributed by atoms with Crippen molar-refractivity contribution in [3.05, 3.63) is 54.3 Å². The Morgan fingerprint density at radius 1 is 1.42 bits per heavy atom. The zero-order valence-corrected chi connectivity index (χ0v) is 17.7. The van der Waals surface area contributed by atoms with Crippen molar-refractivity contribution in [3.8, 4) is 0 Å². The minimum Gasteiger partial charge on any atom is -0.451 e. The lowest BCUT2D eigenvalue weighted by atomic mass is 10.3. The van der Waals surface area contributed by atoms with Crippen molar-refractivity contribution in [1.29, 1.82) is 0 Å². The summed E-state index contributed by atoms with van der Waals surface area (Å²) in [5.41, 5.74) is 0.700. The first kappa shape index (κ1) is 18.0. The van der Waals surface area contributed by atoms with E-state index in [1.54, 1.807) is 17.0 Å². The number of likely N-dealkylation sites (N-methyl/N-ethyl adjacent to an activating group) is 1. The van der Waals surface area contributed by atoms with E-state index >= 15 is 0 Å². The van der Waals surface area contributed by atoms with Gasteiger partial charge in [0.05, 0.1) is 15.6 Å². The maximum atomic E-state index is 12.5. The van der Waals surface area contributed by atoms with E-state index in [2.05, 4.69) is 43.5 Å². The van der Waals surface area contributed by atoms with E-state index in [1.165, 1.54) is 11.8 Å². The predicted octanol–water partition coefficient (Wildman–Crippen LogP) is 5.92. The van der Waals surface area contributed by atoms with E-state index < -0.39 is 0 Å². The highest BCUT2D eigenvalue weighted by Crippen LogP contribution is 2.35. The van der Waals surface area contributed by atoms with Gasteiger partial charge in [0.15, 0.2) is 8.93 Å². The maximum absolute atomic E-state index is 12.5. The van der Waals surface area contributed by atoms with Gasteiger partial charge in [-0.2, -0.15) is 0 Å². The lowest BCUT2D eigenvalue weighted by molar-refractivity contribution is -0.122. The number of benzene rings is 1. The summed E-state index contributed by atoms with van der Waals surface area (Å²) in [6, 6.07) is 9.13. The van der Waals surface area contributed by atoms with E-state index in [0.29, 0.717) is 33.1 Å². The molecular formula is C16H11BrClIN2O2S. The summed E-state index contributed by atoms with van der Waals surface area (Å²) in [6.45, 7) is 2.46. The first-order valence-electron chi connectivity index (χ1n) is 6.98. The molecule has 1 saturated heterocycles. The highest BCUT2D eigenvalue weighted by molar-refractivity contribution is 14.1. The third-order valence-corrected chi connectivity index (χ3v) is 6.02. The van der Waals surface area contributed by atoms with Crippen molar-refractivity contribution in [2.24, 2.45) is 4.99 Å². The molecule has 1 aromatic heterocycles. The molecule has 2 heterocycles. The molecule has 1 amide bonds. The fourth-order valence-corrected chi connectivity index (χ4v) is 3.97. The summed E-state index contributed by atoms with van der Waals surface area (Å²) in [5, 5.41) is 1.21. The second-order valence-corrected chi connectivity index (χ2v) is 8.13. The quantitative estimate of drug-likeness (QED) is 0.361. The Hall–Kier alpha value is -0.770. The molecule has 8 heteroatoms. The number of aliphatic imine (C=N–C) groups is 1. The predicted molar refractivity (Wildman–Crippen MR) is 111 cm³/mol. The third-order valence-electron chi connectivity index (χ3n) is 3.20. The Morgan fingerprint density at radius 2 is 2.21 bits per heavy atom. The molecule has 2 aromatic rings. The van der Waals surface area contributed by atoms with E-state index in [9.17, 15) is 4.79 Å². The normalized spacial score (nSPS) is 18.2. The number of nitrogens with zero attached hydrogens (tertiary/aromatic N) is 2. The Labute approximate surface area is 170 Å². The fourth-order valence-electron chi connectivity index (χ4n) is 2.07. The van der Waals surface area contributed by atoms with Crippen LogP contribution in [0.25, 0.3) is 6.08 Å². The number of halogens is 3. The van der Waals surface area contributed by atoms with Crippen LogP contribution in [0.15, 0.2) is 49.1 Å². The van der Waals surface area contributed by atoms with Gasteiger partial charge in [-0.3, -0.25) is 9.69 Å². The van der Waals surface area contributed by atoms with Gasteiger partial charge < -0.3 is 4.42 Å². The molecule has 1 aliphatic heterocycles. The Balaban J connectivity index is 1.93. The van der Waals surface area contributed by atoms with Crippen molar-refractivity contribution in [2.75, 3.05) is 6.54 Å². The minimum atomic E-state index is -0.0733. The van der Waals surface area contributed by atoms with Gasteiger partial charge in [-0.25, -0.2) is 4.99 Å². The van der Waals surface area contributed by atoms with Gasteiger partial charge in [0.2, 0.25) is 0 Å². The average Bonchev–Trinajstić information content (AvgIpc) is 3.07. The number of carbonyl (C=O) groups excluding carboxylic acids is 1. The smallest absolute Gasteiger partial charge is 0.266 e. The van der Waals surface area contributed by atoms with Crippen molar-refractivity contribution in [1.82, 2.24) is 4.90 Å². The molecule has 1 fully saturated rings. The number of amides is 1. The van der Waals surface area contributed by atoms with Crippen molar-refractivity contribution >= 4 is 84.7 Å². The lowest BCUT2D eigenvalue weighted by Gasteiger charge is -2.12. The Bertz CT molecular complexity index is 866. The molecular weight excluding hydrogens is 527 g/mol. The highest BCUT2D eigenvalue weighted by Gasteiger charge is 2.32. The molecule has 1 aromatic carbocycles. The molecule has 0 aliphatic carbocycles. The molecule has 0 unspecified atom stereocenters. The van der Waals surface area contributed by atoms with E-state index in [1.807, 2.05) is 31.2 Å². The largest absolute Gasteiger partial charge is 0.451 e. The molecule has 24 heavy (non-hydrogen) atoms. The Kier molecular flexibility index (Phi) is 5.74. The molecule has 0 atom stereocenters. The third kappa shape index (κ3) is 3.89. The van der Waals surface area contributed by atoms with Gasteiger partial charge in [0, 0.05) is 17.1 Å². The minimum absolute atomic E-state index is 0.0733. The van der Waals surface area contributed by atoms with Crippen LogP contribution >= 0.6 is 61.9 Å². The average molecular weight is 538 g/mol. The number of carbonyl (C=O) groups is 1. The van der Waals surface area contributed by atoms with Crippen molar-refractivity contribution in [3.63, 3.8) is 0 Å². The van der Waals surface area contributed by atoms with Gasteiger partial charge in [-0.1, -0.05) is 11.6 Å². The molecule has 0 bridgehead atoms. The summed E-state index contributed by atoms with van der Waals surface area (Å²) in [6.07, 6.45) is 1.74. The zero-order chi connectivity index (χ0) is 17.3. The van der Waals surface area contributed by atoms with Crippen LogP contribution in [0.3, 0.4) is 0 Å². The van der Waals surface area contributed by atoms with Gasteiger partial charge in [0.25, 0.3) is 5.91 Å². The SMILES string of the molecule is CCN1C(=O)/C(=C/c2ccc(I)o2)SC1=Nc1ccc(Br)c(Cl)c1. The van der Waals surface area contributed by atoms with Gasteiger partial charge in [0.1, 0.15) is 5.76 Å². The standard InChI is InChI=1S/C16H11BrClIN2O2S/c1-2-21-15(22)13(8-10-4-6-14(19)23-10)24-16(21)20-9-3-5-11(17)12(18)7-9/h3-8H,2H2,1H3/b13-8-,20-16?. The van der Waals surface area contributed by atoms with Crippen LogP contribution in [0, 0.1) is 3.77 Å². The molecule has 3 rings (SSSR count). The Morgan fingerprint density at radius 3 is 2.83 bits per heavy atom. The van der Waals surface area contributed by atoms with Crippen molar-refractivity contribution in [2.45, 2.75) is 6.92 Å². The number of furan rings is 1. The van der Waals surface area contributed by atoms with Crippen LogP contribution in [0.1, 0.15) is 12.7 Å². The lowest BCUT2D eigenvalue weighted by Crippen LogP contribution is -2.28. The summed E-state index contributed by atoms with van der Waals surface area (Å²) in [5.74, 6) is 0.579. The van der Waals surface area contributed by atoms with Crippen LogP contribution in [-0.4, -0.2) is 22.5 Å². The van der Waals surface area contributed by atoms with Crippen LogP contribution < -0.4 is 0 Å². The maximum Gasteiger partial charge on any atom is 0.266 e. The van der Waals surface area contributed by atoms with Crippen LogP contribution in [0.2, 0.25) is 5.02 Å². The fraction of sp³-hybridized carbons (Fsp3) is 0.125. The molecule has 0 spiro atoms. The molecule has 4 nitrogen and oxygen atoms in total. The summed E-state index contributed by atoms with van der Waals surface area (Å²) < 4.78 is 7.10. The summed E-state index contributed by atoms with van der Waals surface area (Å²) >= 11 is 12.9. The van der Waals surface area contributed by atoms with Gasteiger partial charge in [-0.05, 0) is 87.5 Å². The summed E-state index contributed by atoms with van der Waals surface area (Å²) in [4.78, 5) is 19.3. The topological polar surface area (TPSA) is 45.8 Å². The number of amidine groups is 1. The van der Waals surface area contributed by atoms with Crippen LogP contribution in [0.4, 0.5) is 5.69 Å². The first-order chi connectivity index (χ1) is 11.5. The van der Waals surface area contributed by atoms with Crippen LogP contribution in [0.5, 0.6) is 0 Å². The van der Waals surface area contributed by atoms with Gasteiger partial charge in [-0.15, -0.1) is 0 Å². The van der Waals surface area contributed by atoms with Crippen LogP contribution in [-0.2, 0) is 4.79 Å². The number of thioether (sulfide) groups is 1. The molecule has 0 radical (unpaired) electrons. The second kappa shape index (κ2) is 7.63. The highest BCUT2D eigenvalue weighted by atomic mass is 127. The second-order valence-electron chi connectivity index (χ2n) is 4.79. The van der Waals surface area contributed by atoms with Gasteiger partial charge >= 0.3 is 0 Å². The number of rotatable bonds is 3. The molecule has 1 aliphatic rings. The van der Waals surface area contributed by atoms with Crippen molar-refractivity contribution < 1.29 is 9.21 Å².